The van der Waals surface area contributed by atoms with E-state index in [1.165, 1.54) is 34.9 Å². The number of ether oxygens (including phenoxy) is 3. The minimum Gasteiger partial charge on any atom is -0.493 e. The largest absolute Gasteiger partial charge is 0.493 e. The zero-order valence-corrected chi connectivity index (χ0v) is 20.4. The van der Waals surface area contributed by atoms with Gasteiger partial charge in [0.2, 0.25) is 0 Å². The lowest BCUT2D eigenvalue weighted by Crippen LogP contribution is -2.34. The molecule has 0 saturated heterocycles. The number of carbonyl (C=O) groups excluding carboxylic acids is 1. The molecular weight excluding hydrogens is 474 g/mol. The molecule has 0 bridgehead atoms. The Morgan fingerprint density at radius 3 is 2.57 bits per heavy atom. The van der Waals surface area contributed by atoms with Gasteiger partial charge >= 0.3 is 5.97 Å². The Labute approximate surface area is 206 Å². The summed E-state index contributed by atoms with van der Waals surface area (Å²) in [5.41, 5.74) is 0.417. The van der Waals surface area contributed by atoms with Crippen LogP contribution in [0, 0.1) is 0 Å². The number of halogens is 1. The first-order valence-corrected chi connectivity index (χ1v) is 11.2. The van der Waals surface area contributed by atoms with Crippen molar-refractivity contribution in [3.8, 4) is 28.6 Å². The summed E-state index contributed by atoms with van der Waals surface area (Å²) in [7, 11) is 1.50. The van der Waals surface area contributed by atoms with Crippen LogP contribution in [-0.4, -0.2) is 49.4 Å². The van der Waals surface area contributed by atoms with Crippen LogP contribution in [0.5, 0.6) is 11.5 Å². The van der Waals surface area contributed by atoms with Crippen molar-refractivity contribution in [2.45, 2.75) is 32.8 Å². The Morgan fingerprint density at radius 1 is 1.14 bits per heavy atom. The second-order valence-corrected chi connectivity index (χ2v) is 8.74. The summed E-state index contributed by atoms with van der Waals surface area (Å²) >= 11 is 5.86. The summed E-state index contributed by atoms with van der Waals surface area (Å²) in [5.74, 6) is 0.988. The zero-order chi connectivity index (χ0) is 25.2. The van der Waals surface area contributed by atoms with Crippen LogP contribution in [0.1, 0.15) is 27.2 Å². The van der Waals surface area contributed by atoms with Crippen LogP contribution in [0.25, 0.3) is 22.6 Å². The summed E-state index contributed by atoms with van der Waals surface area (Å²) in [6, 6.07) is 6.75. The van der Waals surface area contributed by atoms with Crippen LogP contribution < -0.4 is 15.0 Å². The fraction of sp³-hybridized carbons (Fsp3) is 0.292. The standard InChI is InChI=1S/C24H24ClN5O5/c1-5-21(31)35-24(2,3)13-34-19-7-6-17(9-20(19)33-4)29-14-28-30-12-15(8-18(30)23(29)32)22-26-10-16(25)11-27-22/h6-12,14H,5,13H2,1-4H3. The first-order valence-electron chi connectivity index (χ1n) is 10.8. The number of hydrogen-bond acceptors (Lipinski definition) is 8. The first-order chi connectivity index (χ1) is 16.7. The lowest BCUT2D eigenvalue weighted by atomic mass is 10.1. The number of fused-ring (bicyclic) bond motifs is 1. The number of nitrogens with zero attached hydrogens (tertiary/aromatic N) is 5. The normalized spacial score (nSPS) is 11.5. The van der Waals surface area contributed by atoms with Gasteiger partial charge < -0.3 is 14.2 Å². The molecule has 0 aliphatic carbocycles. The quantitative estimate of drug-likeness (QED) is 0.339. The van der Waals surface area contributed by atoms with Gasteiger partial charge in [0, 0.05) is 36.6 Å². The van der Waals surface area contributed by atoms with Crippen molar-refractivity contribution in [1.29, 1.82) is 0 Å². The molecule has 4 aromatic rings. The Morgan fingerprint density at radius 2 is 1.89 bits per heavy atom. The van der Waals surface area contributed by atoms with Crippen molar-refractivity contribution < 1.29 is 19.0 Å². The van der Waals surface area contributed by atoms with Crippen molar-refractivity contribution in [3.05, 3.63) is 64.6 Å². The van der Waals surface area contributed by atoms with Gasteiger partial charge in [-0.15, -0.1) is 0 Å². The van der Waals surface area contributed by atoms with E-state index >= 15 is 0 Å². The third-order valence-electron chi connectivity index (χ3n) is 5.09. The predicted molar refractivity (Wildman–Crippen MR) is 129 cm³/mol. The van der Waals surface area contributed by atoms with Crippen LogP contribution in [0.3, 0.4) is 0 Å². The molecule has 182 valence electrons. The van der Waals surface area contributed by atoms with Gasteiger partial charge in [-0.25, -0.2) is 14.5 Å². The van der Waals surface area contributed by atoms with Crippen LogP contribution in [0.4, 0.5) is 0 Å². The maximum atomic E-state index is 13.2. The molecule has 0 N–H and O–H groups in total. The summed E-state index contributed by atoms with van der Waals surface area (Å²) < 4.78 is 19.6. The second kappa shape index (κ2) is 9.75. The van der Waals surface area contributed by atoms with E-state index < -0.39 is 5.60 Å². The number of esters is 1. The highest BCUT2D eigenvalue weighted by molar-refractivity contribution is 6.30. The van der Waals surface area contributed by atoms with Gasteiger partial charge in [-0.3, -0.25) is 14.2 Å². The molecule has 0 spiro atoms. The van der Waals surface area contributed by atoms with E-state index in [1.54, 1.807) is 51.2 Å². The van der Waals surface area contributed by atoms with E-state index in [2.05, 4.69) is 15.1 Å². The number of rotatable bonds is 8. The molecule has 35 heavy (non-hydrogen) atoms. The fourth-order valence-electron chi connectivity index (χ4n) is 3.34. The first kappa shape index (κ1) is 24.2. The van der Waals surface area contributed by atoms with Gasteiger partial charge in [-0.2, -0.15) is 5.10 Å². The Bertz CT molecular complexity index is 1430. The molecule has 1 aromatic carbocycles. The number of aromatic nitrogens is 5. The van der Waals surface area contributed by atoms with Crippen molar-refractivity contribution in [3.63, 3.8) is 0 Å². The summed E-state index contributed by atoms with van der Waals surface area (Å²) in [5, 5.41) is 4.76. The highest BCUT2D eigenvalue weighted by Gasteiger charge is 2.24. The van der Waals surface area contributed by atoms with Gasteiger partial charge in [0.15, 0.2) is 17.3 Å². The molecule has 0 saturated carbocycles. The SMILES string of the molecule is CCC(=O)OC(C)(C)COc1ccc(-n2cnn3cc(-c4ncc(Cl)cn4)cc3c2=O)cc1OC. The van der Waals surface area contributed by atoms with Gasteiger partial charge in [0.25, 0.3) is 5.56 Å². The molecule has 0 aliphatic rings. The van der Waals surface area contributed by atoms with Gasteiger partial charge in [-0.1, -0.05) is 18.5 Å². The van der Waals surface area contributed by atoms with Crippen molar-refractivity contribution >= 4 is 23.1 Å². The van der Waals surface area contributed by atoms with E-state index in [0.29, 0.717) is 39.1 Å². The smallest absolute Gasteiger partial charge is 0.306 e. The monoisotopic (exact) mass is 497 g/mol. The van der Waals surface area contributed by atoms with Crippen LogP contribution >= 0.6 is 11.6 Å². The number of benzene rings is 1. The van der Waals surface area contributed by atoms with E-state index in [1.807, 2.05) is 0 Å². The summed E-state index contributed by atoms with van der Waals surface area (Å²) in [4.78, 5) is 33.2. The molecule has 3 aromatic heterocycles. The molecule has 0 atom stereocenters. The van der Waals surface area contributed by atoms with Crippen molar-refractivity contribution in [2.75, 3.05) is 13.7 Å². The third-order valence-corrected chi connectivity index (χ3v) is 5.28. The van der Waals surface area contributed by atoms with E-state index in [9.17, 15) is 9.59 Å². The third kappa shape index (κ3) is 5.27. The molecule has 0 amide bonds. The molecule has 4 rings (SSSR count). The molecule has 11 heteroatoms. The lowest BCUT2D eigenvalue weighted by molar-refractivity contribution is -0.158. The van der Waals surface area contributed by atoms with Crippen LogP contribution in [-0.2, 0) is 9.53 Å². The fourth-order valence-corrected chi connectivity index (χ4v) is 3.44. The average molecular weight is 498 g/mol. The Balaban J connectivity index is 1.62. The van der Waals surface area contributed by atoms with Crippen LogP contribution in [0.2, 0.25) is 5.02 Å². The summed E-state index contributed by atoms with van der Waals surface area (Å²) in [6.07, 6.45) is 6.36. The Hall–Kier alpha value is -3.92. The molecule has 0 aliphatic heterocycles. The second-order valence-electron chi connectivity index (χ2n) is 8.30. The zero-order valence-electron chi connectivity index (χ0n) is 19.7. The number of methoxy groups -OCH3 is 1. The molecule has 0 radical (unpaired) electrons. The van der Waals surface area contributed by atoms with E-state index in [-0.39, 0.29) is 24.6 Å². The highest BCUT2D eigenvalue weighted by atomic mass is 35.5. The van der Waals surface area contributed by atoms with Crippen molar-refractivity contribution in [1.82, 2.24) is 24.1 Å². The summed E-state index contributed by atoms with van der Waals surface area (Å²) in [6.45, 7) is 5.39. The Kier molecular flexibility index (Phi) is 6.74. The maximum absolute atomic E-state index is 13.2. The minimum absolute atomic E-state index is 0.127. The molecule has 0 fully saturated rings. The van der Waals surface area contributed by atoms with E-state index in [0.717, 1.165) is 0 Å². The number of carbonyl (C=O) groups is 1. The predicted octanol–water partition coefficient (Wildman–Crippen LogP) is 3.71. The maximum Gasteiger partial charge on any atom is 0.306 e. The van der Waals surface area contributed by atoms with Gasteiger partial charge in [0.1, 0.15) is 24.1 Å². The van der Waals surface area contributed by atoms with Crippen LogP contribution in [0.15, 0.2) is 54.0 Å². The highest BCUT2D eigenvalue weighted by Crippen LogP contribution is 2.30. The lowest BCUT2D eigenvalue weighted by Gasteiger charge is -2.25. The van der Waals surface area contributed by atoms with Crippen molar-refractivity contribution in [2.24, 2.45) is 0 Å². The molecule has 3 heterocycles. The van der Waals surface area contributed by atoms with Gasteiger partial charge in [0.05, 0.1) is 17.8 Å². The minimum atomic E-state index is -0.816. The molecule has 10 nitrogen and oxygen atoms in total. The average Bonchev–Trinajstić information content (AvgIpc) is 3.28. The molecular formula is C24H24ClN5O5. The number of hydrogen-bond donors (Lipinski definition) is 0. The van der Waals surface area contributed by atoms with Gasteiger partial charge in [-0.05, 0) is 32.0 Å². The van der Waals surface area contributed by atoms with E-state index in [4.69, 9.17) is 25.8 Å². The molecule has 0 unspecified atom stereocenters. The topological polar surface area (TPSA) is 110 Å².